The van der Waals surface area contributed by atoms with Gasteiger partial charge in [-0.2, -0.15) is 0 Å². The van der Waals surface area contributed by atoms with Crippen LogP contribution in [0.25, 0.3) is 0 Å². The number of rotatable bonds is 2. The standard InChI is InChI=1S/C7H17O3P/c1-6(7(2,3)4)10-11(5,8)9/h6H,1-5H3,(H,8,9). The maximum atomic E-state index is 10.8. The molecule has 0 bridgehead atoms. The van der Waals surface area contributed by atoms with Gasteiger partial charge in [0.1, 0.15) is 0 Å². The highest BCUT2D eigenvalue weighted by molar-refractivity contribution is 7.51. The molecule has 0 radical (unpaired) electrons. The maximum absolute atomic E-state index is 10.8. The van der Waals surface area contributed by atoms with Gasteiger partial charge in [0, 0.05) is 6.66 Å². The highest BCUT2D eigenvalue weighted by Gasteiger charge is 2.26. The van der Waals surface area contributed by atoms with Crippen LogP contribution in [0, 0.1) is 5.41 Å². The van der Waals surface area contributed by atoms with Gasteiger partial charge in [0.05, 0.1) is 6.10 Å². The van der Waals surface area contributed by atoms with Crippen molar-refractivity contribution in [2.75, 3.05) is 6.66 Å². The van der Waals surface area contributed by atoms with Gasteiger partial charge >= 0.3 is 7.60 Å². The van der Waals surface area contributed by atoms with E-state index in [0.29, 0.717) is 0 Å². The Morgan fingerprint density at radius 2 is 1.82 bits per heavy atom. The van der Waals surface area contributed by atoms with E-state index in [2.05, 4.69) is 0 Å². The second-order valence-corrected chi connectivity index (χ2v) is 5.73. The summed E-state index contributed by atoms with van der Waals surface area (Å²) >= 11 is 0. The summed E-state index contributed by atoms with van der Waals surface area (Å²) in [6, 6.07) is 0. The Morgan fingerprint density at radius 3 is 1.91 bits per heavy atom. The lowest BCUT2D eigenvalue weighted by molar-refractivity contribution is 0.0915. The Labute approximate surface area is 68.3 Å². The Kier molecular flexibility index (Phi) is 3.30. The molecule has 0 rings (SSSR count). The molecule has 2 unspecified atom stereocenters. The summed E-state index contributed by atoms with van der Waals surface area (Å²) < 4.78 is 15.7. The molecule has 0 aliphatic carbocycles. The molecule has 0 spiro atoms. The molecule has 0 amide bonds. The van der Waals surface area contributed by atoms with Gasteiger partial charge in [-0.1, -0.05) is 20.8 Å². The molecule has 68 valence electrons. The van der Waals surface area contributed by atoms with E-state index < -0.39 is 7.60 Å². The molecule has 4 heteroatoms. The van der Waals surface area contributed by atoms with Gasteiger partial charge in [0.25, 0.3) is 0 Å². The zero-order valence-electron chi connectivity index (χ0n) is 7.79. The fourth-order valence-electron chi connectivity index (χ4n) is 0.451. The maximum Gasteiger partial charge on any atom is 0.325 e. The first-order valence-electron chi connectivity index (χ1n) is 3.61. The van der Waals surface area contributed by atoms with Crippen LogP contribution >= 0.6 is 7.60 Å². The lowest BCUT2D eigenvalue weighted by atomic mass is 9.91. The molecule has 3 nitrogen and oxygen atoms in total. The van der Waals surface area contributed by atoms with Crippen molar-refractivity contribution < 1.29 is 14.0 Å². The molecule has 0 aliphatic heterocycles. The van der Waals surface area contributed by atoms with E-state index in [4.69, 9.17) is 9.42 Å². The number of hydrogen-bond acceptors (Lipinski definition) is 2. The summed E-state index contributed by atoms with van der Waals surface area (Å²) in [5, 5.41) is 0. The SMILES string of the molecule is CC(OP(C)(=O)O)C(C)(C)C. The minimum atomic E-state index is -3.32. The van der Waals surface area contributed by atoms with Gasteiger partial charge in [0.2, 0.25) is 0 Å². The van der Waals surface area contributed by atoms with Crippen LogP contribution in [0.15, 0.2) is 0 Å². The van der Waals surface area contributed by atoms with Crippen molar-refractivity contribution >= 4 is 7.60 Å². The van der Waals surface area contributed by atoms with Crippen molar-refractivity contribution in [3.05, 3.63) is 0 Å². The lowest BCUT2D eigenvalue weighted by Gasteiger charge is -2.27. The van der Waals surface area contributed by atoms with Crippen LogP contribution in [0.1, 0.15) is 27.7 Å². The largest absolute Gasteiger partial charge is 0.325 e. The van der Waals surface area contributed by atoms with Crippen LogP contribution in [0.4, 0.5) is 0 Å². The molecule has 0 aromatic carbocycles. The Balaban J connectivity index is 4.10. The smallest absolute Gasteiger partial charge is 0.324 e. The van der Waals surface area contributed by atoms with Gasteiger partial charge < -0.3 is 9.42 Å². The second-order valence-electron chi connectivity index (χ2n) is 3.92. The minimum absolute atomic E-state index is 0.0889. The lowest BCUT2D eigenvalue weighted by Crippen LogP contribution is -2.24. The van der Waals surface area contributed by atoms with Crippen molar-refractivity contribution in [3.63, 3.8) is 0 Å². The van der Waals surface area contributed by atoms with Gasteiger partial charge in [-0.3, -0.25) is 4.57 Å². The normalized spacial score (nSPS) is 20.9. The van der Waals surface area contributed by atoms with Crippen LogP contribution in [0.3, 0.4) is 0 Å². The molecule has 11 heavy (non-hydrogen) atoms. The topological polar surface area (TPSA) is 46.5 Å². The van der Waals surface area contributed by atoms with Crippen LogP contribution in [-0.2, 0) is 9.09 Å². The van der Waals surface area contributed by atoms with Gasteiger partial charge in [-0.15, -0.1) is 0 Å². The first kappa shape index (κ1) is 11.2. The van der Waals surface area contributed by atoms with Crippen LogP contribution < -0.4 is 0 Å². The van der Waals surface area contributed by atoms with E-state index in [1.165, 1.54) is 6.66 Å². The summed E-state index contributed by atoms with van der Waals surface area (Å²) in [4.78, 5) is 8.88. The first-order valence-corrected chi connectivity index (χ1v) is 5.64. The monoisotopic (exact) mass is 180 g/mol. The average molecular weight is 180 g/mol. The molecule has 0 aromatic heterocycles. The fourth-order valence-corrected chi connectivity index (χ4v) is 1.35. The quantitative estimate of drug-likeness (QED) is 0.663. The van der Waals surface area contributed by atoms with Crippen LogP contribution in [0.5, 0.6) is 0 Å². The molecule has 0 saturated carbocycles. The summed E-state index contributed by atoms with van der Waals surface area (Å²) in [7, 11) is -3.32. The van der Waals surface area contributed by atoms with Crippen molar-refractivity contribution in [3.8, 4) is 0 Å². The van der Waals surface area contributed by atoms with Crippen LogP contribution in [0.2, 0.25) is 0 Å². The van der Waals surface area contributed by atoms with E-state index in [-0.39, 0.29) is 11.5 Å². The third-order valence-corrected chi connectivity index (χ3v) is 2.28. The van der Waals surface area contributed by atoms with Gasteiger partial charge in [-0.05, 0) is 12.3 Å². The molecule has 1 N–H and O–H groups in total. The third kappa shape index (κ3) is 5.42. The Bertz CT molecular complexity index is 165. The van der Waals surface area contributed by atoms with Crippen molar-refractivity contribution in [2.24, 2.45) is 5.41 Å². The second kappa shape index (κ2) is 3.26. The highest BCUT2D eigenvalue weighted by Crippen LogP contribution is 2.41. The average Bonchev–Trinajstić information content (AvgIpc) is 1.56. The first-order chi connectivity index (χ1) is 4.63. The summed E-state index contributed by atoms with van der Waals surface area (Å²) in [6.07, 6.45) is -0.205. The van der Waals surface area contributed by atoms with E-state index in [0.717, 1.165) is 0 Å². The summed E-state index contributed by atoms with van der Waals surface area (Å²) in [5.41, 5.74) is -0.0889. The summed E-state index contributed by atoms with van der Waals surface area (Å²) in [6.45, 7) is 8.90. The Hall–Kier alpha value is 0.150. The molecule has 0 aromatic rings. The van der Waals surface area contributed by atoms with E-state index in [1.54, 1.807) is 6.92 Å². The predicted molar refractivity (Wildman–Crippen MR) is 45.8 cm³/mol. The van der Waals surface area contributed by atoms with Gasteiger partial charge in [0.15, 0.2) is 0 Å². The molecular weight excluding hydrogens is 163 g/mol. The number of hydrogen-bond donors (Lipinski definition) is 1. The van der Waals surface area contributed by atoms with E-state index in [9.17, 15) is 4.57 Å². The molecule has 0 saturated heterocycles. The predicted octanol–water partition coefficient (Wildman–Crippen LogP) is 2.25. The molecular formula is C7H17O3P. The summed E-state index contributed by atoms with van der Waals surface area (Å²) in [5.74, 6) is 0. The van der Waals surface area contributed by atoms with Crippen molar-refractivity contribution in [1.82, 2.24) is 0 Å². The van der Waals surface area contributed by atoms with E-state index in [1.807, 2.05) is 20.8 Å². The van der Waals surface area contributed by atoms with E-state index >= 15 is 0 Å². The fraction of sp³-hybridized carbons (Fsp3) is 1.00. The molecule has 0 heterocycles. The highest BCUT2D eigenvalue weighted by atomic mass is 31.2. The van der Waals surface area contributed by atoms with Gasteiger partial charge in [-0.25, -0.2) is 0 Å². The molecule has 2 atom stereocenters. The molecule has 0 fully saturated rings. The molecule has 0 aliphatic rings. The Morgan fingerprint density at radius 1 is 1.45 bits per heavy atom. The zero-order valence-corrected chi connectivity index (χ0v) is 8.68. The van der Waals surface area contributed by atoms with Crippen molar-refractivity contribution in [2.45, 2.75) is 33.8 Å². The zero-order chi connectivity index (χ0) is 9.28. The third-order valence-electron chi connectivity index (χ3n) is 1.57. The van der Waals surface area contributed by atoms with Crippen molar-refractivity contribution in [1.29, 1.82) is 0 Å². The van der Waals surface area contributed by atoms with Crippen LogP contribution in [-0.4, -0.2) is 17.7 Å². The minimum Gasteiger partial charge on any atom is -0.324 e.